The van der Waals surface area contributed by atoms with Gasteiger partial charge in [-0.25, -0.2) is 0 Å². The number of ether oxygens (including phenoxy) is 1. The largest absolute Gasteiger partial charge is 0.494 e. The van der Waals surface area contributed by atoms with Crippen molar-refractivity contribution in [3.63, 3.8) is 0 Å². The number of esters is 1. The molecule has 1 aliphatic rings. The number of rotatable bonds is 7. The minimum absolute atomic E-state index is 0.247. The van der Waals surface area contributed by atoms with Crippen molar-refractivity contribution in [2.45, 2.75) is 51.9 Å². The highest BCUT2D eigenvalue weighted by Gasteiger charge is 2.51. The quantitative estimate of drug-likeness (QED) is 0.419. The number of hydrogen-bond acceptors (Lipinski definition) is 6. The van der Waals surface area contributed by atoms with E-state index < -0.39 is 18.3 Å². The van der Waals surface area contributed by atoms with Crippen molar-refractivity contribution < 1.29 is 23.6 Å². The maximum Gasteiger partial charge on any atom is 0.494 e. The van der Waals surface area contributed by atoms with Crippen molar-refractivity contribution in [1.29, 1.82) is 0 Å². The fourth-order valence-corrected chi connectivity index (χ4v) is 2.75. The van der Waals surface area contributed by atoms with E-state index in [9.17, 15) is 9.59 Å². The molecule has 0 aromatic heterocycles. The second-order valence-corrected chi connectivity index (χ2v) is 7.73. The molecule has 1 aromatic carbocycles. The van der Waals surface area contributed by atoms with Crippen LogP contribution in [-0.4, -0.2) is 56.2 Å². The molecule has 1 aliphatic heterocycles. The van der Waals surface area contributed by atoms with Crippen molar-refractivity contribution in [3.05, 3.63) is 29.3 Å². The summed E-state index contributed by atoms with van der Waals surface area (Å²) in [5.74, 6) is -0.247. The van der Waals surface area contributed by atoms with Crippen molar-refractivity contribution >= 4 is 24.8 Å². The topological polar surface area (TPSA) is 65.1 Å². The fraction of sp³-hybridized carbons (Fsp3) is 0.579. The molecule has 0 N–H and O–H groups in total. The summed E-state index contributed by atoms with van der Waals surface area (Å²) in [6, 6.07) is 5.66. The molecule has 6 nitrogen and oxygen atoms in total. The first-order chi connectivity index (χ1) is 12.1. The SMILES string of the molecule is COC(=O)CCN(C)Cc1ccc(B2OC(C)(C)C(C)(C)O2)cc1C=O. The van der Waals surface area contributed by atoms with Gasteiger partial charge >= 0.3 is 13.1 Å². The van der Waals surface area contributed by atoms with E-state index in [4.69, 9.17) is 9.31 Å². The highest BCUT2D eigenvalue weighted by atomic mass is 16.7. The first-order valence-corrected chi connectivity index (χ1v) is 8.78. The maximum absolute atomic E-state index is 11.6. The zero-order valence-electron chi connectivity index (χ0n) is 16.5. The Hall–Kier alpha value is -1.70. The van der Waals surface area contributed by atoms with Gasteiger partial charge in [0.2, 0.25) is 0 Å². The van der Waals surface area contributed by atoms with Crippen LogP contribution in [0.3, 0.4) is 0 Å². The minimum atomic E-state index is -0.496. The van der Waals surface area contributed by atoms with Gasteiger partial charge in [-0.1, -0.05) is 18.2 Å². The number of nitrogens with zero attached hydrogens (tertiary/aromatic N) is 1. The van der Waals surface area contributed by atoms with Crippen LogP contribution in [-0.2, 0) is 25.4 Å². The summed E-state index contributed by atoms with van der Waals surface area (Å²) in [6.07, 6.45) is 1.16. The number of carbonyl (C=O) groups excluding carboxylic acids is 2. The number of benzene rings is 1. The van der Waals surface area contributed by atoms with Gasteiger partial charge in [-0.15, -0.1) is 0 Å². The number of carbonyl (C=O) groups is 2. The lowest BCUT2D eigenvalue weighted by Crippen LogP contribution is -2.41. The molecule has 0 atom stereocenters. The molecule has 0 spiro atoms. The highest BCUT2D eigenvalue weighted by molar-refractivity contribution is 6.62. The Morgan fingerprint density at radius 3 is 2.38 bits per heavy atom. The van der Waals surface area contributed by atoms with Crippen molar-refractivity contribution in [2.24, 2.45) is 0 Å². The molecule has 1 saturated heterocycles. The normalized spacial score (nSPS) is 18.2. The Labute approximate surface area is 155 Å². The molecule has 26 heavy (non-hydrogen) atoms. The Balaban J connectivity index is 2.11. The van der Waals surface area contributed by atoms with E-state index in [0.29, 0.717) is 25.1 Å². The highest BCUT2D eigenvalue weighted by Crippen LogP contribution is 2.36. The van der Waals surface area contributed by atoms with E-state index in [1.807, 2.05) is 57.8 Å². The van der Waals surface area contributed by atoms with Gasteiger partial charge < -0.3 is 18.9 Å². The van der Waals surface area contributed by atoms with Gasteiger partial charge in [0.25, 0.3) is 0 Å². The van der Waals surface area contributed by atoms with Crippen LogP contribution in [0.5, 0.6) is 0 Å². The van der Waals surface area contributed by atoms with Crippen LogP contribution in [0, 0.1) is 0 Å². The van der Waals surface area contributed by atoms with Crippen molar-refractivity contribution in [3.8, 4) is 0 Å². The number of aldehydes is 1. The summed E-state index contributed by atoms with van der Waals surface area (Å²) in [4.78, 5) is 24.8. The van der Waals surface area contributed by atoms with E-state index in [2.05, 4.69) is 4.74 Å². The molecule has 0 amide bonds. The van der Waals surface area contributed by atoms with Crippen LogP contribution in [0.2, 0.25) is 0 Å². The summed E-state index contributed by atoms with van der Waals surface area (Å²) in [5.41, 5.74) is 1.47. The van der Waals surface area contributed by atoms with Crippen LogP contribution >= 0.6 is 0 Å². The Morgan fingerprint density at radius 2 is 1.85 bits per heavy atom. The molecule has 0 unspecified atom stereocenters. The maximum atomic E-state index is 11.6. The third-order valence-electron chi connectivity index (χ3n) is 5.19. The molecule has 0 radical (unpaired) electrons. The van der Waals surface area contributed by atoms with Gasteiger partial charge in [0.05, 0.1) is 24.7 Å². The Bertz CT molecular complexity index is 658. The Morgan fingerprint density at radius 1 is 1.23 bits per heavy atom. The first kappa shape index (κ1) is 20.6. The van der Waals surface area contributed by atoms with Gasteiger partial charge in [0, 0.05) is 18.7 Å². The van der Waals surface area contributed by atoms with Gasteiger partial charge in [-0.05, 0) is 45.8 Å². The second-order valence-electron chi connectivity index (χ2n) is 7.73. The average molecular weight is 361 g/mol. The number of methoxy groups -OCH3 is 1. The molecule has 0 aliphatic carbocycles. The first-order valence-electron chi connectivity index (χ1n) is 8.78. The summed E-state index contributed by atoms with van der Waals surface area (Å²) in [5, 5.41) is 0. The van der Waals surface area contributed by atoms with Crippen LogP contribution in [0.1, 0.15) is 50.0 Å². The monoisotopic (exact) mass is 361 g/mol. The third kappa shape index (κ3) is 4.52. The molecular formula is C19H28BNO5. The fourth-order valence-electron chi connectivity index (χ4n) is 2.75. The standard InChI is InChI=1S/C19H28BNO5/c1-18(2)19(3,4)26-20(25-18)16-8-7-14(15(11-16)13-22)12-21(5)10-9-17(23)24-6/h7-8,11,13H,9-10,12H2,1-6H3. The van der Waals surface area contributed by atoms with Gasteiger partial charge in [0.1, 0.15) is 6.29 Å². The number of hydrogen-bond donors (Lipinski definition) is 0. The van der Waals surface area contributed by atoms with Crippen LogP contribution < -0.4 is 5.46 Å². The molecule has 7 heteroatoms. The summed E-state index contributed by atoms with van der Waals surface area (Å²) < 4.78 is 16.7. The zero-order valence-corrected chi connectivity index (χ0v) is 16.5. The summed E-state index contributed by atoms with van der Waals surface area (Å²) >= 11 is 0. The predicted octanol–water partition coefficient (Wildman–Crippen LogP) is 1.79. The molecule has 1 fully saturated rings. The molecule has 1 aromatic rings. The zero-order chi connectivity index (χ0) is 19.5. The van der Waals surface area contributed by atoms with E-state index >= 15 is 0 Å². The second kappa shape index (κ2) is 7.90. The third-order valence-corrected chi connectivity index (χ3v) is 5.19. The Kier molecular flexibility index (Phi) is 6.27. The van der Waals surface area contributed by atoms with Crippen LogP contribution in [0.25, 0.3) is 0 Å². The lowest BCUT2D eigenvalue weighted by atomic mass is 9.78. The van der Waals surface area contributed by atoms with E-state index in [1.54, 1.807) is 0 Å². The lowest BCUT2D eigenvalue weighted by Gasteiger charge is -2.32. The summed E-state index contributed by atoms with van der Waals surface area (Å²) in [7, 11) is 2.78. The predicted molar refractivity (Wildman–Crippen MR) is 101 cm³/mol. The lowest BCUT2D eigenvalue weighted by molar-refractivity contribution is -0.140. The molecular weight excluding hydrogens is 333 g/mol. The van der Waals surface area contributed by atoms with E-state index in [-0.39, 0.29) is 5.97 Å². The van der Waals surface area contributed by atoms with Gasteiger partial charge in [-0.3, -0.25) is 9.59 Å². The molecule has 0 bridgehead atoms. The van der Waals surface area contributed by atoms with Crippen LogP contribution in [0.15, 0.2) is 18.2 Å². The van der Waals surface area contributed by atoms with Crippen LogP contribution in [0.4, 0.5) is 0 Å². The molecule has 0 saturated carbocycles. The minimum Gasteiger partial charge on any atom is -0.469 e. The van der Waals surface area contributed by atoms with Gasteiger partial charge in [-0.2, -0.15) is 0 Å². The smallest absolute Gasteiger partial charge is 0.469 e. The van der Waals surface area contributed by atoms with Crippen molar-refractivity contribution in [2.75, 3.05) is 20.7 Å². The molecule has 142 valence electrons. The van der Waals surface area contributed by atoms with Crippen molar-refractivity contribution in [1.82, 2.24) is 4.90 Å². The van der Waals surface area contributed by atoms with E-state index in [0.717, 1.165) is 17.3 Å². The summed E-state index contributed by atoms with van der Waals surface area (Å²) in [6.45, 7) is 9.12. The average Bonchev–Trinajstić information content (AvgIpc) is 2.80. The molecule has 2 rings (SSSR count). The van der Waals surface area contributed by atoms with Gasteiger partial charge in [0.15, 0.2) is 0 Å². The van der Waals surface area contributed by atoms with E-state index in [1.165, 1.54) is 7.11 Å². The molecule has 1 heterocycles.